The maximum atomic E-state index is 11.3. The van der Waals surface area contributed by atoms with Crippen LogP contribution in [0.5, 0.6) is 0 Å². The average molecular weight is 341 g/mol. The topological polar surface area (TPSA) is 79.4 Å². The van der Waals surface area contributed by atoms with Crippen LogP contribution in [0.3, 0.4) is 0 Å². The van der Waals surface area contributed by atoms with Crippen molar-refractivity contribution < 1.29 is 9.53 Å². The van der Waals surface area contributed by atoms with Gasteiger partial charge in [-0.1, -0.05) is 0 Å². The molecule has 0 unspecified atom stereocenters. The zero-order chi connectivity index (χ0) is 17.5. The summed E-state index contributed by atoms with van der Waals surface area (Å²) in [5, 5.41) is 6.47. The number of nitrogens with zero attached hydrogens (tertiary/aromatic N) is 3. The first-order chi connectivity index (χ1) is 12.2. The van der Waals surface area contributed by atoms with Crippen molar-refractivity contribution in [3.8, 4) is 0 Å². The molecule has 1 aromatic heterocycles. The van der Waals surface area contributed by atoms with Crippen molar-refractivity contribution in [2.45, 2.75) is 6.92 Å². The smallest absolute Gasteiger partial charge is 0.224 e. The van der Waals surface area contributed by atoms with Crippen LogP contribution in [0, 0.1) is 0 Å². The number of carbonyl (C=O) groups excluding carboxylic acids is 1. The zero-order valence-electron chi connectivity index (χ0n) is 14.4. The summed E-state index contributed by atoms with van der Waals surface area (Å²) in [5.41, 5.74) is 1.57. The second-order valence-electron chi connectivity index (χ2n) is 5.90. The lowest BCUT2D eigenvalue weighted by atomic mass is 10.1. The molecule has 0 spiro atoms. The van der Waals surface area contributed by atoms with Gasteiger partial charge < -0.3 is 15.4 Å². The molecule has 0 atom stereocenters. The number of ketones is 1. The maximum Gasteiger partial charge on any atom is 0.224 e. The van der Waals surface area contributed by atoms with Crippen LogP contribution in [-0.2, 0) is 4.74 Å². The van der Waals surface area contributed by atoms with Crippen LogP contribution in [-0.4, -0.2) is 60.0 Å². The predicted octanol–water partition coefficient (Wildman–Crippen LogP) is 2.17. The highest BCUT2D eigenvalue weighted by Gasteiger charge is 2.09. The molecule has 0 saturated carbocycles. The highest BCUT2D eigenvalue weighted by molar-refractivity contribution is 5.94. The van der Waals surface area contributed by atoms with E-state index in [0.29, 0.717) is 17.3 Å². The van der Waals surface area contributed by atoms with Crippen LogP contribution in [0.25, 0.3) is 0 Å². The summed E-state index contributed by atoms with van der Waals surface area (Å²) in [7, 11) is 0. The van der Waals surface area contributed by atoms with Gasteiger partial charge in [-0.15, -0.1) is 0 Å². The first-order valence-electron chi connectivity index (χ1n) is 8.46. The molecule has 0 aliphatic carbocycles. The monoisotopic (exact) mass is 341 g/mol. The van der Waals surface area contributed by atoms with Crippen molar-refractivity contribution in [1.82, 2.24) is 14.9 Å². The van der Waals surface area contributed by atoms with Crippen LogP contribution in [0.2, 0.25) is 0 Å². The minimum atomic E-state index is 0.0559. The van der Waals surface area contributed by atoms with Crippen molar-refractivity contribution in [3.63, 3.8) is 0 Å². The van der Waals surface area contributed by atoms with Gasteiger partial charge in [-0.05, 0) is 37.3 Å². The van der Waals surface area contributed by atoms with Gasteiger partial charge in [-0.3, -0.25) is 9.69 Å². The van der Waals surface area contributed by atoms with E-state index in [1.54, 1.807) is 25.3 Å². The standard InChI is InChI=1S/C18H23N5O2/c1-14(24)15-2-4-16(5-3-15)21-17-6-7-19-18(22-17)20-8-9-23-10-12-25-13-11-23/h2-7H,8-13H2,1H3,(H2,19,20,21,22). The summed E-state index contributed by atoms with van der Waals surface area (Å²) >= 11 is 0. The summed E-state index contributed by atoms with van der Waals surface area (Å²) in [6.45, 7) is 6.84. The number of rotatable bonds is 7. The maximum absolute atomic E-state index is 11.3. The molecule has 2 aromatic rings. The molecule has 0 bridgehead atoms. The Labute approximate surface area is 147 Å². The highest BCUT2D eigenvalue weighted by atomic mass is 16.5. The molecule has 2 N–H and O–H groups in total. The van der Waals surface area contributed by atoms with Crippen molar-refractivity contribution in [3.05, 3.63) is 42.1 Å². The molecule has 132 valence electrons. The molecule has 25 heavy (non-hydrogen) atoms. The Balaban J connectivity index is 1.52. The van der Waals surface area contributed by atoms with Gasteiger partial charge in [0.25, 0.3) is 0 Å². The Morgan fingerprint density at radius 3 is 2.68 bits per heavy atom. The number of anilines is 3. The number of benzene rings is 1. The average Bonchev–Trinajstić information content (AvgIpc) is 2.63. The van der Waals surface area contributed by atoms with E-state index in [0.717, 1.165) is 45.1 Å². The Hall–Kier alpha value is -2.51. The van der Waals surface area contributed by atoms with E-state index in [9.17, 15) is 4.79 Å². The summed E-state index contributed by atoms with van der Waals surface area (Å²) in [5.74, 6) is 1.36. The van der Waals surface area contributed by atoms with E-state index < -0.39 is 0 Å². The van der Waals surface area contributed by atoms with E-state index in [1.165, 1.54) is 0 Å². The molecule has 2 heterocycles. The third kappa shape index (κ3) is 5.23. The summed E-state index contributed by atoms with van der Waals surface area (Å²) in [6.07, 6.45) is 1.72. The molecule has 1 fully saturated rings. The fourth-order valence-electron chi connectivity index (χ4n) is 2.60. The normalized spacial score (nSPS) is 14.9. The van der Waals surface area contributed by atoms with Gasteiger partial charge in [0, 0.05) is 43.6 Å². The van der Waals surface area contributed by atoms with E-state index in [1.807, 2.05) is 18.2 Å². The number of nitrogens with one attached hydrogen (secondary N) is 2. The quantitative estimate of drug-likeness (QED) is 0.747. The van der Waals surface area contributed by atoms with Crippen molar-refractivity contribution in [1.29, 1.82) is 0 Å². The molecule has 1 aromatic carbocycles. The second-order valence-corrected chi connectivity index (χ2v) is 5.90. The zero-order valence-corrected chi connectivity index (χ0v) is 14.4. The van der Waals surface area contributed by atoms with Crippen LogP contribution >= 0.6 is 0 Å². The van der Waals surface area contributed by atoms with Gasteiger partial charge in [-0.25, -0.2) is 4.98 Å². The molecular formula is C18H23N5O2. The first-order valence-corrected chi connectivity index (χ1v) is 8.46. The van der Waals surface area contributed by atoms with E-state index >= 15 is 0 Å². The number of Topliss-reactive ketones (excluding diaryl/α,β-unsaturated/α-hetero) is 1. The van der Waals surface area contributed by atoms with Gasteiger partial charge in [0.2, 0.25) is 5.95 Å². The predicted molar refractivity (Wildman–Crippen MR) is 97.5 cm³/mol. The Morgan fingerprint density at radius 2 is 1.96 bits per heavy atom. The number of ether oxygens (including phenoxy) is 1. The Kier molecular flexibility index (Phi) is 5.92. The van der Waals surface area contributed by atoms with Crippen LogP contribution in [0.1, 0.15) is 17.3 Å². The van der Waals surface area contributed by atoms with E-state index in [-0.39, 0.29) is 5.78 Å². The summed E-state index contributed by atoms with van der Waals surface area (Å²) in [6, 6.07) is 9.14. The Morgan fingerprint density at radius 1 is 1.20 bits per heavy atom. The molecule has 7 heteroatoms. The van der Waals surface area contributed by atoms with E-state index in [4.69, 9.17) is 4.74 Å². The lowest BCUT2D eigenvalue weighted by molar-refractivity contribution is 0.0398. The number of hydrogen-bond donors (Lipinski definition) is 2. The SMILES string of the molecule is CC(=O)c1ccc(Nc2ccnc(NCCN3CCOCC3)n2)cc1. The minimum Gasteiger partial charge on any atom is -0.379 e. The first kappa shape index (κ1) is 17.3. The molecule has 7 nitrogen and oxygen atoms in total. The number of carbonyl (C=O) groups is 1. The molecule has 1 aliphatic rings. The summed E-state index contributed by atoms with van der Waals surface area (Å²) < 4.78 is 5.34. The highest BCUT2D eigenvalue weighted by Crippen LogP contribution is 2.16. The second kappa shape index (κ2) is 8.55. The van der Waals surface area contributed by atoms with Gasteiger partial charge in [-0.2, -0.15) is 4.98 Å². The number of aromatic nitrogens is 2. The van der Waals surface area contributed by atoms with Crippen molar-refractivity contribution >= 4 is 23.2 Å². The largest absolute Gasteiger partial charge is 0.379 e. The van der Waals surface area contributed by atoms with Crippen LogP contribution in [0.4, 0.5) is 17.5 Å². The van der Waals surface area contributed by atoms with Gasteiger partial charge >= 0.3 is 0 Å². The minimum absolute atomic E-state index is 0.0559. The molecule has 3 rings (SSSR count). The van der Waals surface area contributed by atoms with Gasteiger partial charge in [0.15, 0.2) is 5.78 Å². The number of morpholine rings is 1. The molecule has 1 saturated heterocycles. The van der Waals surface area contributed by atoms with Gasteiger partial charge in [0.1, 0.15) is 5.82 Å². The van der Waals surface area contributed by atoms with Crippen molar-refractivity contribution in [2.75, 3.05) is 50.0 Å². The molecule has 1 aliphatic heterocycles. The van der Waals surface area contributed by atoms with Gasteiger partial charge in [0.05, 0.1) is 13.2 Å². The lowest BCUT2D eigenvalue weighted by Gasteiger charge is -2.26. The number of hydrogen-bond acceptors (Lipinski definition) is 7. The molecular weight excluding hydrogens is 318 g/mol. The Bertz CT molecular complexity index is 699. The fraction of sp³-hybridized carbons (Fsp3) is 0.389. The van der Waals surface area contributed by atoms with E-state index in [2.05, 4.69) is 25.5 Å². The third-order valence-electron chi connectivity index (χ3n) is 4.03. The fourth-order valence-corrected chi connectivity index (χ4v) is 2.60. The molecule has 0 radical (unpaired) electrons. The molecule has 0 amide bonds. The third-order valence-corrected chi connectivity index (χ3v) is 4.03. The summed E-state index contributed by atoms with van der Waals surface area (Å²) in [4.78, 5) is 22.4. The lowest BCUT2D eigenvalue weighted by Crippen LogP contribution is -2.39. The van der Waals surface area contributed by atoms with Crippen LogP contribution in [0.15, 0.2) is 36.5 Å². The van der Waals surface area contributed by atoms with Crippen LogP contribution < -0.4 is 10.6 Å². The van der Waals surface area contributed by atoms with Crippen molar-refractivity contribution in [2.24, 2.45) is 0 Å².